The molecule has 3 aromatic rings. The molecule has 4 rings (SSSR count). The van der Waals surface area contributed by atoms with Gasteiger partial charge in [-0.15, -0.1) is 0 Å². The molecule has 0 aliphatic carbocycles. The molecule has 1 saturated heterocycles. The monoisotopic (exact) mass is 369 g/mol. The number of hydrogen-bond donors (Lipinski definition) is 2. The van der Waals surface area contributed by atoms with Gasteiger partial charge in [0.1, 0.15) is 5.82 Å². The third kappa shape index (κ3) is 3.82. The highest BCUT2D eigenvalue weighted by Crippen LogP contribution is 2.31. The van der Waals surface area contributed by atoms with Crippen molar-refractivity contribution in [1.82, 2.24) is 15.0 Å². The summed E-state index contributed by atoms with van der Waals surface area (Å²) in [6.45, 7) is 3.25. The molecule has 134 valence electrons. The SMILES string of the molecule is OCc1cncc(-c2cnc(Nc3cc(N4CCOCC4)ccn3)s2)c1. The lowest BCUT2D eigenvalue weighted by Crippen LogP contribution is -2.36. The van der Waals surface area contributed by atoms with Gasteiger partial charge in [0.25, 0.3) is 0 Å². The highest BCUT2D eigenvalue weighted by Gasteiger charge is 2.12. The lowest BCUT2D eigenvalue weighted by molar-refractivity contribution is 0.122. The van der Waals surface area contributed by atoms with Crippen molar-refractivity contribution in [3.63, 3.8) is 0 Å². The molecule has 0 bridgehead atoms. The van der Waals surface area contributed by atoms with E-state index in [1.807, 2.05) is 18.2 Å². The Bertz CT molecular complexity index is 879. The van der Waals surface area contributed by atoms with Crippen LogP contribution in [0.15, 0.2) is 43.0 Å². The van der Waals surface area contributed by atoms with Crippen LogP contribution in [0.2, 0.25) is 0 Å². The van der Waals surface area contributed by atoms with Gasteiger partial charge in [-0.25, -0.2) is 9.97 Å². The number of aliphatic hydroxyl groups is 1. The molecule has 7 nitrogen and oxygen atoms in total. The van der Waals surface area contributed by atoms with Crippen molar-refractivity contribution >= 4 is 28.0 Å². The summed E-state index contributed by atoms with van der Waals surface area (Å²) in [7, 11) is 0. The maximum atomic E-state index is 9.26. The van der Waals surface area contributed by atoms with Gasteiger partial charge in [-0.2, -0.15) is 0 Å². The van der Waals surface area contributed by atoms with E-state index in [1.54, 1.807) is 24.8 Å². The van der Waals surface area contributed by atoms with Crippen LogP contribution in [0, 0.1) is 0 Å². The van der Waals surface area contributed by atoms with E-state index in [0.29, 0.717) is 0 Å². The van der Waals surface area contributed by atoms with Gasteiger partial charge in [-0.1, -0.05) is 11.3 Å². The van der Waals surface area contributed by atoms with Crippen molar-refractivity contribution in [2.24, 2.45) is 0 Å². The topological polar surface area (TPSA) is 83.4 Å². The van der Waals surface area contributed by atoms with Crippen molar-refractivity contribution in [2.75, 3.05) is 36.5 Å². The molecule has 0 radical (unpaired) electrons. The third-order valence-corrected chi connectivity index (χ3v) is 5.08. The van der Waals surface area contributed by atoms with E-state index in [2.05, 4.69) is 25.2 Å². The number of pyridine rings is 2. The molecular weight excluding hydrogens is 350 g/mol. The second-order valence-corrected chi connectivity index (χ2v) is 6.92. The van der Waals surface area contributed by atoms with Gasteiger partial charge in [-0.3, -0.25) is 4.98 Å². The van der Waals surface area contributed by atoms with E-state index in [9.17, 15) is 5.11 Å². The fourth-order valence-corrected chi connectivity index (χ4v) is 3.59. The maximum Gasteiger partial charge on any atom is 0.188 e. The summed E-state index contributed by atoms with van der Waals surface area (Å²) in [4.78, 5) is 16.3. The van der Waals surface area contributed by atoms with Crippen molar-refractivity contribution in [3.05, 3.63) is 48.5 Å². The number of hydrogen-bond acceptors (Lipinski definition) is 8. The number of morpholine rings is 1. The number of anilines is 3. The van der Waals surface area contributed by atoms with Crippen molar-refractivity contribution in [2.45, 2.75) is 6.61 Å². The molecule has 26 heavy (non-hydrogen) atoms. The van der Waals surface area contributed by atoms with Crippen LogP contribution in [0.4, 0.5) is 16.6 Å². The number of aliphatic hydroxyl groups excluding tert-OH is 1. The molecule has 2 N–H and O–H groups in total. The predicted octanol–water partition coefficient (Wildman–Crippen LogP) is 2.67. The summed E-state index contributed by atoms with van der Waals surface area (Å²) < 4.78 is 5.41. The minimum absolute atomic E-state index is 0.0248. The fraction of sp³-hybridized carbons (Fsp3) is 0.278. The van der Waals surface area contributed by atoms with Crippen LogP contribution < -0.4 is 10.2 Å². The quantitative estimate of drug-likeness (QED) is 0.715. The minimum atomic E-state index is -0.0248. The first-order valence-corrected chi connectivity index (χ1v) is 9.20. The standard InChI is InChI=1S/C18H19N5O2S/c24-12-13-7-14(10-19-9-13)16-11-21-18(26-16)22-17-8-15(1-2-20-17)23-3-5-25-6-4-23/h1-2,7-11,24H,3-6,12H2,(H,20,21,22). The van der Waals surface area contributed by atoms with E-state index in [4.69, 9.17) is 4.74 Å². The first-order valence-electron chi connectivity index (χ1n) is 8.38. The largest absolute Gasteiger partial charge is 0.392 e. The average Bonchev–Trinajstić information content (AvgIpc) is 3.17. The zero-order chi connectivity index (χ0) is 17.8. The molecule has 0 saturated carbocycles. The van der Waals surface area contributed by atoms with E-state index in [-0.39, 0.29) is 6.61 Å². The summed E-state index contributed by atoms with van der Waals surface area (Å²) in [6.07, 6.45) is 7.03. The molecule has 1 aliphatic rings. The van der Waals surface area contributed by atoms with Gasteiger partial charge in [0.2, 0.25) is 0 Å². The van der Waals surface area contributed by atoms with E-state index in [0.717, 1.165) is 58.9 Å². The Morgan fingerprint density at radius 3 is 2.88 bits per heavy atom. The van der Waals surface area contributed by atoms with Crippen LogP contribution >= 0.6 is 11.3 Å². The molecule has 0 aromatic carbocycles. The van der Waals surface area contributed by atoms with Crippen LogP contribution in [-0.4, -0.2) is 46.4 Å². The predicted molar refractivity (Wildman–Crippen MR) is 102 cm³/mol. The lowest BCUT2D eigenvalue weighted by Gasteiger charge is -2.28. The minimum Gasteiger partial charge on any atom is -0.392 e. The van der Waals surface area contributed by atoms with E-state index >= 15 is 0 Å². The molecule has 8 heteroatoms. The second kappa shape index (κ2) is 7.77. The molecule has 4 heterocycles. The Kier molecular flexibility index (Phi) is 5.05. The fourth-order valence-electron chi connectivity index (χ4n) is 2.79. The summed E-state index contributed by atoms with van der Waals surface area (Å²) in [6, 6.07) is 5.96. The van der Waals surface area contributed by atoms with Gasteiger partial charge in [0.15, 0.2) is 5.13 Å². The molecule has 1 fully saturated rings. The maximum absolute atomic E-state index is 9.26. The van der Waals surface area contributed by atoms with E-state index in [1.165, 1.54) is 11.3 Å². The lowest BCUT2D eigenvalue weighted by atomic mass is 10.2. The van der Waals surface area contributed by atoms with Crippen molar-refractivity contribution < 1.29 is 9.84 Å². The number of thiazole rings is 1. The summed E-state index contributed by atoms with van der Waals surface area (Å²) in [5.41, 5.74) is 2.85. The summed E-state index contributed by atoms with van der Waals surface area (Å²) in [5.74, 6) is 0.761. The number of rotatable bonds is 5. The van der Waals surface area contributed by atoms with Gasteiger partial charge in [0, 0.05) is 55.2 Å². The van der Waals surface area contributed by atoms with Crippen molar-refractivity contribution in [1.29, 1.82) is 0 Å². The molecule has 0 unspecified atom stereocenters. The molecular formula is C18H19N5O2S. The van der Waals surface area contributed by atoms with Crippen LogP contribution in [-0.2, 0) is 11.3 Å². The van der Waals surface area contributed by atoms with E-state index < -0.39 is 0 Å². The van der Waals surface area contributed by atoms with Gasteiger partial charge >= 0.3 is 0 Å². The zero-order valence-electron chi connectivity index (χ0n) is 14.1. The van der Waals surface area contributed by atoms with Gasteiger partial charge in [0.05, 0.1) is 24.7 Å². The Labute approximate surface area is 155 Å². The smallest absolute Gasteiger partial charge is 0.188 e. The van der Waals surface area contributed by atoms with Crippen LogP contribution in [0.3, 0.4) is 0 Å². The second-order valence-electron chi connectivity index (χ2n) is 5.89. The highest BCUT2D eigenvalue weighted by molar-refractivity contribution is 7.18. The average molecular weight is 369 g/mol. The summed E-state index contributed by atoms with van der Waals surface area (Å²) >= 11 is 1.52. The molecule has 0 spiro atoms. The Balaban J connectivity index is 1.50. The molecule has 3 aromatic heterocycles. The van der Waals surface area contributed by atoms with Gasteiger partial charge < -0.3 is 20.1 Å². The molecule has 0 atom stereocenters. The number of ether oxygens (including phenoxy) is 1. The Hall–Kier alpha value is -2.55. The number of nitrogens with one attached hydrogen (secondary N) is 1. The van der Waals surface area contributed by atoms with Crippen LogP contribution in [0.25, 0.3) is 10.4 Å². The highest BCUT2D eigenvalue weighted by atomic mass is 32.1. The van der Waals surface area contributed by atoms with Crippen LogP contribution in [0.1, 0.15) is 5.56 Å². The molecule has 1 aliphatic heterocycles. The first-order chi connectivity index (χ1) is 12.8. The Morgan fingerprint density at radius 2 is 2.04 bits per heavy atom. The van der Waals surface area contributed by atoms with Crippen LogP contribution in [0.5, 0.6) is 0 Å². The third-order valence-electron chi connectivity index (χ3n) is 4.12. The molecule has 0 amide bonds. The Morgan fingerprint density at radius 1 is 1.15 bits per heavy atom. The number of aromatic nitrogens is 3. The first kappa shape index (κ1) is 16.9. The normalized spacial score (nSPS) is 14.4. The summed E-state index contributed by atoms with van der Waals surface area (Å²) in [5, 5.41) is 13.3. The van der Waals surface area contributed by atoms with Gasteiger partial charge in [-0.05, 0) is 17.7 Å². The zero-order valence-corrected chi connectivity index (χ0v) is 14.9. The number of nitrogens with zero attached hydrogens (tertiary/aromatic N) is 4. The van der Waals surface area contributed by atoms with Crippen molar-refractivity contribution in [3.8, 4) is 10.4 Å².